The van der Waals surface area contributed by atoms with Gasteiger partial charge >= 0.3 is 7.52 Å². The van der Waals surface area contributed by atoms with Crippen molar-refractivity contribution in [3.05, 3.63) is 48.9 Å². The standard InChI is InChI=1S/C25H38N5O5P/c1-5-14-32-25(33-15-6-2)20(4)29-36(31,35-21-10-8-7-9-11-21)18-34-19(3)16-30-17-28-23-22(26)12-13-27-24(23)30/h7-13,17,19-20,25H,5-6,14-16,18H2,1-4H3,(H2,26,27)(H,29,31)/t19-,20+,36?/m1/s1. The van der Waals surface area contributed by atoms with E-state index in [2.05, 4.69) is 15.1 Å². The van der Waals surface area contributed by atoms with Crippen LogP contribution in [0.15, 0.2) is 48.9 Å². The Balaban J connectivity index is 1.70. The minimum absolute atomic E-state index is 0.149. The molecule has 10 nitrogen and oxygen atoms in total. The number of imidazole rings is 1. The summed E-state index contributed by atoms with van der Waals surface area (Å²) >= 11 is 0. The zero-order chi connectivity index (χ0) is 26.0. The number of anilines is 1. The Morgan fingerprint density at radius 2 is 1.72 bits per heavy atom. The van der Waals surface area contributed by atoms with E-state index in [1.165, 1.54) is 0 Å². The molecule has 0 aliphatic rings. The van der Waals surface area contributed by atoms with Crippen molar-refractivity contribution < 1.29 is 23.3 Å². The number of rotatable bonds is 16. The van der Waals surface area contributed by atoms with Crippen LogP contribution in [0.2, 0.25) is 0 Å². The van der Waals surface area contributed by atoms with Crippen molar-refractivity contribution in [2.45, 2.75) is 65.5 Å². The van der Waals surface area contributed by atoms with E-state index in [9.17, 15) is 4.57 Å². The summed E-state index contributed by atoms with van der Waals surface area (Å²) in [5.41, 5.74) is 7.87. The Labute approximate surface area is 213 Å². The maximum absolute atomic E-state index is 14.0. The van der Waals surface area contributed by atoms with Crippen LogP contribution in [0.3, 0.4) is 0 Å². The monoisotopic (exact) mass is 519 g/mol. The van der Waals surface area contributed by atoms with Gasteiger partial charge in [0.1, 0.15) is 17.6 Å². The Bertz CT molecular complexity index is 1100. The number of para-hydroxylation sites is 1. The molecule has 1 aromatic carbocycles. The molecule has 2 aromatic heterocycles. The molecule has 3 atom stereocenters. The highest BCUT2D eigenvalue weighted by molar-refractivity contribution is 7.57. The molecule has 0 saturated carbocycles. The fourth-order valence-electron chi connectivity index (χ4n) is 3.59. The molecule has 11 heteroatoms. The van der Waals surface area contributed by atoms with E-state index in [1.54, 1.807) is 30.7 Å². The second kappa shape index (κ2) is 13.7. The van der Waals surface area contributed by atoms with E-state index in [0.29, 0.717) is 42.4 Å². The van der Waals surface area contributed by atoms with Gasteiger partial charge in [0.25, 0.3) is 0 Å². The molecule has 0 aliphatic carbocycles. The van der Waals surface area contributed by atoms with Gasteiger partial charge in [0.15, 0.2) is 11.9 Å². The summed E-state index contributed by atoms with van der Waals surface area (Å²) in [6.07, 6.45) is 4.00. The number of pyridine rings is 1. The quantitative estimate of drug-likeness (QED) is 0.203. The van der Waals surface area contributed by atoms with Gasteiger partial charge in [0, 0.05) is 19.4 Å². The first-order chi connectivity index (χ1) is 17.3. The van der Waals surface area contributed by atoms with Gasteiger partial charge in [0.05, 0.1) is 30.7 Å². The summed E-state index contributed by atoms with van der Waals surface area (Å²) < 4.78 is 39.6. The Morgan fingerprint density at radius 3 is 2.39 bits per heavy atom. The zero-order valence-corrected chi connectivity index (χ0v) is 22.4. The van der Waals surface area contributed by atoms with Crippen LogP contribution >= 0.6 is 7.52 Å². The third-order valence-corrected chi connectivity index (χ3v) is 7.09. The molecule has 3 aromatic rings. The number of ether oxygens (including phenoxy) is 3. The van der Waals surface area contributed by atoms with Crippen molar-refractivity contribution in [3.8, 4) is 5.75 Å². The lowest BCUT2D eigenvalue weighted by atomic mass is 10.3. The van der Waals surface area contributed by atoms with Gasteiger partial charge < -0.3 is 29.0 Å². The topological polar surface area (TPSA) is 123 Å². The first kappa shape index (κ1) is 28.1. The summed E-state index contributed by atoms with van der Waals surface area (Å²) in [4.78, 5) is 8.72. The Morgan fingerprint density at radius 1 is 1.03 bits per heavy atom. The molecule has 0 bridgehead atoms. The maximum Gasteiger partial charge on any atom is 0.342 e. The number of aromatic nitrogens is 3. The number of fused-ring (bicyclic) bond motifs is 1. The first-order valence-electron chi connectivity index (χ1n) is 12.4. The summed E-state index contributed by atoms with van der Waals surface area (Å²) in [5.74, 6) is 0.484. The molecule has 36 heavy (non-hydrogen) atoms. The number of benzene rings is 1. The highest BCUT2D eigenvalue weighted by Gasteiger charge is 2.32. The lowest BCUT2D eigenvalue weighted by Gasteiger charge is -2.30. The van der Waals surface area contributed by atoms with Crippen LogP contribution in [0.5, 0.6) is 5.75 Å². The van der Waals surface area contributed by atoms with Crippen LogP contribution in [0.1, 0.15) is 40.5 Å². The summed E-state index contributed by atoms with van der Waals surface area (Å²) in [6.45, 7) is 9.35. The highest BCUT2D eigenvalue weighted by Crippen LogP contribution is 2.44. The van der Waals surface area contributed by atoms with Crippen LogP contribution < -0.4 is 15.3 Å². The van der Waals surface area contributed by atoms with Crippen LogP contribution in [0, 0.1) is 0 Å². The fraction of sp³-hybridized carbons (Fsp3) is 0.520. The Hall–Kier alpha value is -2.49. The average molecular weight is 520 g/mol. The summed E-state index contributed by atoms with van der Waals surface area (Å²) in [6, 6.07) is 10.4. The van der Waals surface area contributed by atoms with Gasteiger partial charge in [-0.25, -0.2) is 15.1 Å². The minimum atomic E-state index is -3.51. The number of hydrogen-bond donors (Lipinski definition) is 2. The molecule has 0 amide bonds. The van der Waals surface area contributed by atoms with Gasteiger partial charge in [0.2, 0.25) is 0 Å². The molecule has 3 N–H and O–H groups in total. The average Bonchev–Trinajstić information content (AvgIpc) is 3.27. The largest absolute Gasteiger partial charge is 0.431 e. The van der Waals surface area contributed by atoms with E-state index in [0.717, 1.165) is 12.8 Å². The van der Waals surface area contributed by atoms with Crippen LogP contribution in [0.4, 0.5) is 5.69 Å². The maximum atomic E-state index is 14.0. The number of hydrogen-bond acceptors (Lipinski definition) is 8. The van der Waals surface area contributed by atoms with Gasteiger partial charge in [-0.05, 0) is 44.9 Å². The molecule has 0 saturated heterocycles. The molecule has 0 radical (unpaired) electrons. The summed E-state index contributed by atoms with van der Waals surface area (Å²) in [5, 5.41) is 3.12. The van der Waals surface area contributed by atoms with Crippen molar-refractivity contribution in [2.75, 3.05) is 25.3 Å². The van der Waals surface area contributed by atoms with Gasteiger partial charge in [-0.1, -0.05) is 32.0 Å². The molecule has 0 spiro atoms. The van der Waals surface area contributed by atoms with Gasteiger partial charge in [-0.15, -0.1) is 0 Å². The van der Waals surface area contributed by atoms with Crippen LogP contribution in [-0.2, 0) is 25.3 Å². The van der Waals surface area contributed by atoms with Crippen molar-refractivity contribution in [2.24, 2.45) is 0 Å². The third-order valence-electron chi connectivity index (χ3n) is 5.29. The predicted molar refractivity (Wildman–Crippen MR) is 141 cm³/mol. The molecule has 2 heterocycles. The smallest absolute Gasteiger partial charge is 0.342 e. The van der Waals surface area contributed by atoms with Crippen molar-refractivity contribution in [1.29, 1.82) is 0 Å². The predicted octanol–water partition coefficient (Wildman–Crippen LogP) is 4.81. The van der Waals surface area contributed by atoms with E-state index >= 15 is 0 Å². The SMILES string of the molecule is CCCOC(OCCC)[C@H](C)NP(=O)(CO[C@H](C)Cn1cnc2c(N)ccnc21)Oc1ccccc1. The molecule has 198 valence electrons. The zero-order valence-electron chi connectivity index (χ0n) is 21.5. The second-order valence-electron chi connectivity index (χ2n) is 8.68. The third kappa shape index (κ3) is 8.01. The molecule has 1 unspecified atom stereocenters. The molecule has 0 aliphatic heterocycles. The summed E-state index contributed by atoms with van der Waals surface area (Å²) in [7, 11) is -3.51. The van der Waals surface area contributed by atoms with Crippen LogP contribution in [0.25, 0.3) is 11.2 Å². The van der Waals surface area contributed by atoms with E-state index in [1.807, 2.05) is 50.5 Å². The van der Waals surface area contributed by atoms with Crippen LogP contribution in [-0.4, -0.2) is 52.5 Å². The normalized spacial score (nSPS) is 15.1. The second-order valence-corrected chi connectivity index (χ2v) is 10.7. The van der Waals surface area contributed by atoms with E-state index in [4.69, 9.17) is 24.5 Å². The lowest BCUT2D eigenvalue weighted by molar-refractivity contribution is -0.154. The molecule has 0 fully saturated rings. The lowest BCUT2D eigenvalue weighted by Crippen LogP contribution is -2.41. The van der Waals surface area contributed by atoms with E-state index < -0.39 is 19.9 Å². The Kier molecular flexibility index (Phi) is 10.7. The molecular formula is C25H38N5O5P. The van der Waals surface area contributed by atoms with Crippen molar-refractivity contribution in [3.63, 3.8) is 0 Å². The number of nitrogens with zero attached hydrogens (tertiary/aromatic N) is 3. The first-order valence-corrected chi connectivity index (χ1v) is 14.2. The number of nitrogens with two attached hydrogens (primary N) is 1. The molecular weight excluding hydrogens is 481 g/mol. The van der Waals surface area contributed by atoms with Gasteiger partial charge in [-0.3, -0.25) is 4.57 Å². The van der Waals surface area contributed by atoms with Crippen molar-refractivity contribution in [1.82, 2.24) is 19.6 Å². The van der Waals surface area contributed by atoms with E-state index in [-0.39, 0.29) is 12.5 Å². The fourth-order valence-corrected chi connectivity index (χ4v) is 5.42. The molecule has 3 rings (SSSR count). The highest BCUT2D eigenvalue weighted by atomic mass is 31.2. The number of nitrogens with one attached hydrogen (secondary N) is 1. The number of nitrogen functional groups attached to an aromatic ring is 1. The van der Waals surface area contributed by atoms with Gasteiger partial charge in [-0.2, -0.15) is 0 Å². The van der Waals surface area contributed by atoms with Crippen molar-refractivity contribution >= 4 is 24.4 Å². The minimum Gasteiger partial charge on any atom is -0.431 e.